The maximum Gasteiger partial charge on any atom is 0.337 e. The van der Waals surface area contributed by atoms with E-state index in [4.69, 9.17) is 4.74 Å². The number of aliphatic hydroxyl groups excluding tert-OH is 1. The van der Waals surface area contributed by atoms with E-state index in [0.717, 1.165) is 12.8 Å². The quantitative estimate of drug-likeness (QED) is 0.319. The molecule has 0 aromatic carbocycles. The number of hydrogen-bond acceptors (Lipinski definition) is 3. The molecular formula is C12H21IO3. The molecule has 0 saturated carbocycles. The molecule has 0 fully saturated rings. The second-order valence-corrected chi connectivity index (χ2v) is 4.27. The van der Waals surface area contributed by atoms with Crippen molar-refractivity contribution in [1.29, 1.82) is 0 Å². The second-order valence-electron chi connectivity index (χ2n) is 3.65. The van der Waals surface area contributed by atoms with Gasteiger partial charge in [-0.3, -0.25) is 0 Å². The van der Waals surface area contributed by atoms with Gasteiger partial charge >= 0.3 is 5.97 Å². The molecule has 0 heterocycles. The molecule has 94 valence electrons. The molecule has 16 heavy (non-hydrogen) atoms. The van der Waals surface area contributed by atoms with E-state index in [0.29, 0.717) is 18.6 Å². The summed E-state index contributed by atoms with van der Waals surface area (Å²) in [7, 11) is 0. The number of hydrogen-bond donors (Lipinski definition) is 1. The number of aliphatic hydroxyl groups is 1. The fraction of sp³-hybridized carbons (Fsp3) is 0.750. The van der Waals surface area contributed by atoms with Crippen LogP contribution < -0.4 is 0 Å². The van der Waals surface area contributed by atoms with Crippen molar-refractivity contribution in [2.75, 3.05) is 6.61 Å². The number of rotatable bonds is 8. The first kappa shape index (κ1) is 15.9. The normalized spacial score (nSPS) is 13.6. The third kappa shape index (κ3) is 6.48. The van der Waals surface area contributed by atoms with E-state index >= 15 is 0 Å². The van der Waals surface area contributed by atoms with Gasteiger partial charge in [0.15, 0.2) is 0 Å². The topological polar surface area (TPSA) is 46.5 Å². The second kappa shape index (κ2) is 10.1. The lowest BCUT2D eigenvalue weighted by molar-refractivity contribution is -0.139. The zero-order chi connectivity index (χ0) is 12.4. The van der Waals surface area contributed by atoms with E-state index in [1.807, 2.05) is 22.6 Å². The summed E-state index contributed by atoms with van der Waals surface area (Å²) < 4.78 is 6.48. The summed E-state index contributed by atoms with van der Waals surface area (Å²) in [4.78, 5) is 11.4. The van der Waals surface area contributed by atoms with E-state index in [9.17, 15) is 9.90 Å². The Labute approximate surface area is 111 Å². The standard InChI is InChI=1S/C12H21IO3/c1-3-5-6-7-8-11(14)10(9-13)12(15)16-4-2/h9,11,14H,3-8H2,1-2H3/b10-9-/t11-/m1/s1. The van der Waals surface area contributed by atoms with Crippen LogP contribution >= 0.6 is 22.6 Å². The zero-order valence-corrected chi connectivity index (χ0v) is 12.2. The first-order chi connectivity index (χ1) is 7.67. The highest BCUT2D eigenvalue weighted by Crippen LogP contribution is 2.15. The van der Waals surface area contributed by atoms with Crippen molar-refractivity contribution in [1.82, 2.24) is 0 Å². The van der Waals surface area contributed by atoms with Crippen LogP contribution in [0.1, 0.15) is 46.0 Å². The Kier molecular flexibility index (Phi) is 10.0. The van der Waals surface area contributed by atoms with Crippen molar-refractivity contribution in [3.05, 3.63) is 9.66 Å². The summed E-state index contributed by atoms with van der Waals surface area (Å²) in [5.74, 6) is -0.403. The molecule has 0 unspecified atom stereocenters. The van der Waals surface area contributed by atoms with Crippen molar-refractivity contribution in [2.45, 2.75) is 52.1 Å². The number of carbonyl (C=O) groups excluding carboxylic acids is 1. The molecule has 1 N–H and O–H groups in total. The predicted molar refractivity (Wildman–Crippen MR) is 73.5 cm³/mol. The largest absolute Gasteiger partial charge is 0.463 e. The molecule has 0 saturated heterocycles. The van der Waals surface area contributed by atoms with Crippen LogP contribution in [-0.2, 0) is 9.53 Å². The van der Waals surface area contributed by atoms with E-state index in [1.165, 1.54) is 12.8 Å². The lowest BCUT2D eigenvalue weighted by Gasteiger charge is -2.12. The van der Waals surface area contributed by atoms with Crippen LogP contribution in [0, 0.1) is 0 Å². The third-order valence-corrected chi connectivity index (χ3v) is 2.99. The number of unbranched alkanes of at least 4 members (excludes halogenated alkanes) is 3. The molecule has 0 aliphatic carbocycles. The molecule has 0 aliphatic rings. The minimum atomic E-state index is -0.687. The smallest absolute Gasteiger partial charge is 0.337 e. The first-order valence-corrected chi connectivity index (χ1v) is 7.07. The Hall–Kier alpha value is -0.100. The SMILES string of the molecule is CCCCCC[C@@H](O)/C(=C/I)C(=O)OCC. The van der Waals surface area contributed by atoms with Crippen molar-refractivity contribution < 1.29 is 14.6 Å². The lowest BCUT2D eigenvalue weighted by Crippen LogP contribution is -2.19. The molecule has 0 rings (SSSR count). The van der Waals surface area contributed by atoms with Gasteiger partial charge < -0.3 is 9.84 Å². The van der Waals surface area contributed by atoms with Crippen LogP contribution in [0.15, 0.2) is 9.66 Å². The Morgan fingerprint density at radius 2 is 2.06 bits per heavy atom. The number of halogens is 1. The van der Waals surface area contributed by atoms with Crippen LogP contribution in [0.2, 0.25) is 0 Å². The molecule has 4 heteroatoms. The molecule has 0 aliphatic heterocycles. The number of carbonyl (C=O) groups is 1. The number of ether oxygens (including phenoxy) is 1. The van der Waals surface area contributed by atoms with Crippen molar-refractivity contribution >= 4 is 28.6 Å². The molecule has 0 bridgehead atoms. The molecule has 1 atom stereocenters. The predicted octanol–water partition coefficient (Wildman–Crippen LogP) is 3.20. The summed E-state index contributed by atoms with van der Waals surface area (Å²) in [6.45, 7) is 4.25. The fourth-order valence-electron chi connectivity index (χ4n) is 1.39. The Morgan fingerprint density at radius 3 is 2.56 bits per heavy atom. The molecular weight excluding hydrogens is 319 g/mol. The van der Waals surface area contributed by atoms with Gasteiger partial charge in [0, 0.05) is 0 Å². The highest BCUT2D eigenvalue weighted by molar-refractivity contribution is 14.1. The highest BCUT2D eigenvalue weighted by atomic mass is 127. The Morgan fingerprint density at radius 1 is 1.38 bits per heavy atom. The van der Waals surface area contributed by atoms with Gasteiger partial charge in [-0.25, -0.2) is 4.79 Å². The van der Waals surface area contributed by atoms with Crippen molar-refractivity contribution in [2.24, 2.45) is 0 Å². The molecule has 0 aromatic rings. The summed E-state index contributed by atoms with van der Waals surface area (Å²) in [6.07, 6.45) is 4.34. The molecule has 0 radical (unpaired) electrons. The Balaban J connectivity index is 4.02. The lowest BCUT2D eigenvalue weighted by atomic mass is 10.0. The van der Waals surface area contributed by atoms with Gasteiger partial charge in [-0.1, -0.05) is 55.2 Å². The van der Waals surface area contributed by atoms with Gasteiger partial charge in [0.1, 0.15) is 0 Å². The minimum Gasteiger partial charge on any atom is -0.463 e. The average Bonchev–Trinajstić information content (AvgIpc) is 2.26. The average molecular weight is 340 g/mol. The van der Waals surface area contributed by atoms with Crippen molar-refractivity contribution in [3.8, 4) is 0 Å². The van der Waals surface area contributed by atoms with Crippen LogP contribution in [0.25, 0.3) is 0 Å². The van der Waals surface area contributed by atoms with Gasteiger partial charge in [-0.2, -0.15) is 0 Å². The number of esters is 1. The van der Waals surface area contributed by atoms with Crippen LogP contribution in [0.3, 0.4) is 0 Å². The highest BCUT2D eigenvalue weighted by Gasteiger charge is 2.18. The van der Waals surface area contributed by atoms with Gasteiger partial charge in [0.2, 0.25) is 0 Å². The summed E-state index contributed by atoms with van der Waals surface area (Å²) in [5, 5.41) is 9.83. The van der Waals surface area contributed by atoms with Gasteiger partial charge in [-0.15, -0.1) is 0 Å². The maximum absolute atomic E-state index is 11.4. The van der Waals surface area contributed by atoms with E-state index in [2.05, 4.69) is 6.92 Å². The molecule has 0 spiro atoms. The van der Waals surface area contributed by atoms with Crippen molar-refractivity contribution in [3.63, 3.8) is 0 Å². The zero-order valence-electron chi connectivity index (χ0n) is 10.0. The molecule has 0 amide bonds. The molecule has 0 aromatic heterocycles. The molecule has 3 nitrogen and oxygen atoms in total. The van der Waals surface area contributed by atoms with Gasteiger partial charge in [0.05, 0.1) is 18.3 Å². The summed E-state index contributed by atoms with van der Waals surface area (Å²) >= 11 is 1.97. The van der Waals surface area contributed by atoms with Crippen LogP contribution in [-0.4, -0.2) is 23.8 Å². The summed E-state index contributed by atoms with van der Waals surface area (Å²) in [5.41, 5.74) is 0.374. The summed E-state index contributed by atoms with van der Waals surface area (Å²) in [6, 6.07) is 0. The minimum absolute atomic E-state index is 0.343. The van der Waals surface area contributed by atoms with Gasteiger partial charge in [0.25, 0.3) is 0 Å². The Bertz CT molecular complexity index is 226. The van der Waals surface area contributed by atoms with E-state index < -0.39 is 12.1 Å². The maximum atomic E-state index is 11.4. The van der Waals surface area contributed by atoms with Crippen LogP contribution in [0.4, 0.5) is 0 Å². The van der Waals surface area contributed by atoms with Crippen LogP contribution in [0.5, 0.6) is 0 Å². The fourth-order valence-corrected chi connectivity index (χ4v) is 2.06. The monoisotopic (exact) mass is 340 g/mol. The van der Waals surface area contributed by atoms with E-state index in [1.54, 1.807) is 11.0 Å². The third-order valence-electron chi connectivity index (χ3n) is 2.32. The first-order valence-electron chi connectivity index (χ1n) is 5.82. The van der Waals surface area contributed by atoms with E-state index in [-0.39, 0.29) is 0 Å². The van der Waals surface area contributed by atoms with Gasteiger partial charge in [-0.05, 0) is 17.4 Å².